The Morgan fingerprint density at radius 3 is 1.95 bits per heavy atom. The number of carbonyl (C=O) groups excluding carboxylic acids is 2. The van der Waals surface area contributed by atoms with Crippen LogP contribution >= 0.6 is 0 Å². The van der Waals surface area contributed by atoms with Crippen molar-refractivity contribution in [3.05, 3.63) is 95.1 Å². The van der Waals surface area contributed by atoms with Crippen LogP contribution < -0.4 is 9.62 Å². The number of carbonyl (C=O) groups is 2. The molecular formula is C32H41N3O4S. The number of anilines is 1. The lowest BCUT2D eigenvalue weighted by atomic mass is 10.1. The van der Waals surface area contributed by atoms with E-state index in [1.807, 2.05) is 77.9 Å². The molecule has 8 heteroatoms. The van der Waals surface area contributed by atoms with E-state index in [0.717, 1.165) is 33.0 Å². The molecule has 2 unspecified atom stereocenters. The van der Waals surface area contributed by atoms with Crippen molar-refractivity contribution in [1.82, 2.24) is 10.2 Å². The van der Waals surface area contributed by atoms with E-state index in [-0.39, 0.29) is 23.4 Å². The Morgan fingerprint density at radius 1 is 0.825 bits per heavy atom. The highest BCUT2D eigenvalue weighted by molar-refractivity contribution is 7.92. The van der Waals surface area contributed by atoms with E-state index in [9.17, 15) is 18.0 Å². The summed E-state index contributed by atoms with van der Waals surface area (Å²) in [7, 11) is -4.08. The Labute approximate surface area is 239 Å². The largest absolute Gasteiger partial charge is 0.352 e. The second-order valence-corrected chi connectivity index (χ2v) is 12.2. The van der Waals surface area contributed by atoms with Gasteiger partial charge in [0.2, 0.25) is 11.8 Å². The Bertz CT molecular complexity index is 1400. The first-order valence-corrected chi connectivity index (χ1v) is 15.2. The van der Waals surface area contributed by atoms with Gasteiger partial charge in [0.15, 0.2) is 0 Å². The first-order valence-electron chi connectivity index (χ1n) is 13.8. The number of nitrogens with zero attached hydrogens (tertiary/aromatic N) is 2. The van der Waals surface area contributed by atoms with Crippen molar-refractivity contribution in [2.45, 2.75) is 77.9 Å². The summed E-state index contributed by atoms with van der Waals surface area (Å²) in [4.78, 5) is 29.1. The van der Waals surface area contributed by atoms with Gasteiger partial charge in [0.05, 0.1) is 10.6 Å². The van der Waals surface area contributed by atoms with Gasteiger partial charge in [0.25, 0.3) is 10.0 Å². The minimum absolute atomic E-state index is 0.0528. The van der Waals surface area contributed by atoms with Gasteiger partial charge in [0, 0.05) is 12.6 Å². The van der Waals surface area contributed by atoms with Crippen LogP contribution in [-0.2, 0) is 26.2 Å². The topological polar surface area (TPSA) is 86.8 Å². The maximum Gasteiger partial charge on any atom is 0.264 e. The molecule has 0 aromatic heterocycles. The molecule has 0 bridgehead atoms. The van der Waals surface area contributed by atoms with Crippen molar-refractivity contribution < 1.29 is 18.0 Å². The third-order valence-corrected chi connectivity index (χ3v) is 8.99. The van der Waals surface area contributed by atoms with Gasteiger partial charge < -0.3 is 10.2 Å². The molecule has 40 heavy (non-hydrogen) atoms. The van der Waals surface area contributed by atoms with Crippen LogP contribution in [0.2, 0.25) is 0 Å². The molecule has 0 aliphatic heterocycles. The van der Waals surface area contributed by atoms with E-state index in [1.165, 1.54) is 4.90 Å². The minimum atomic E-state index is -4.08. The predicted molar refractivity (Wildman–Crippen MR) is 161 cm³/mol. The molecule has 0 heterocycles. The van der Waals surface area contributed by atoms with Crippen molar-refractivity contribution in [1.29, 1.82) is 0 Å². The van der Waals surface area contributed by atoms with E-state index >= 15 is 0 Å². The Hall–Kier alpha value is -3.65. The Balaban J connectivity index is 2.06. The number of sulfonamides is 1. The molecule has 0 radical (unpaired) electrons. The fourth-order valence-electron chi connectivity index (χ4n) is 4.41. The maximum atomic E-state index is 14.1. The third kappa shape index (κ3) is 7.50. The first kappa shape index (κ1) is 30.9. The highest BCUT2D eigenvalue weighted by Gasteiger charge is 2.34. The summed E-state index contributed by atoms with van der Waals surface area (Å²) in [5, 5.41) is 3.00. The molecule has 0 saturated heterocycles. The fourth-order valence-corrected chi connectivity index (χ4v) is 5.82. The van der Waals surface area contributed by atoms with Crippen LogP contribution in [0.15, 0.2) is 77.7 Å². The van der Waals surface area contributed by atoms with Crippen LogP contribution in [0, 0.1) is 20.8 Å². The smallest absolute Gasteiger partial charge is 0.264 e. The monoisotopic (exact) mass is 563 g/mol. The van der Waals surface area contributed by atoms with E-state index in [0.29, 0.717) is 12.1 Å². The van der Waals surface area contributed by atoms with Crippen LogP contribution in [0.3, 0.4) is 0 Å². The zero-order chi connectivity index (χ0) is 29.4. The average molecular weight is 564 g/mol. The zero-order valence-corrected chi connectivity index (χ0v) is 25.2. The number of benzene rings is 3. The Kier molecular flexibility index (Phi) is 10.5. The molecular weight excluding hydrogens is 522 g/mol. The fraction of sp³-hybridized carbons (Fsp3) is 0.375. The van der Waals surface area contributed by atoms with Gasteiger partial charge in [-0.2, -0.15) is 0 Å². The van der Waals surface area contributed by atoms with Gasteiger partial charge in [-0.05, 0) is 75.9 Å². The number of hydrogen-bond donors (Lipinski definition) is 1. The third-order valence-electron chi connectivity index (χ3n) is 7.20. The summed E-state index contributed by atoms with van der Waals surface area (Å²) in [5.41, 5.74) is 4.16. The number of nitrogens with one attached hydrogen (secondary N) is 1. The second-order valence-electron chi connectivity index (χ2n) is 10.4. The van der Waals surface area contributed by atoms with Crippen molar-refractivity contribution in [3.63, 3.8) is 0 Å². The van der Waals surface area contributed by atoms with Gasteiger partial charge in [-0.15, -0.1) is 0 Å². The molecule has 2 atom stereocenters. The van der Waals surface area contributed by atoms with E-state index in [2.05, 4.69) is 5.32 Å². The average Bonchev–Trinajstić information content (AvgIpc) is 2.93. The van der Waals surface area contributed by atoms with Crippen molar-refractivity contribution >= 4 is 27.5 Å². The Morgan fingerprint density at radius 2 is 1.40 bits per heavy atom. The summed E-state index contributed by atoms with van der Waals surface area (Å²) in [6.07, 6.45) is 1.14. The molecule has 0 fully saturated rings. The lowest BCUT2D eigenvalue weighted by Crippen LogP contribution is -2.53. The molecule has 3 rings (SSSR count). The summed E-state index contributed by atoms with van der Waals surface area (Å²) >= 11 is 0. The zero-order valence-electron chi connectivity index (χ0n) is 24.3. The van der Waals surface area contributed by atoms with Gasteiger partial charge in [-0.3, -0.25) is 13.9 Å². The van der Waals surface area contributed by atoms with Gasteiger partial charge in [-0.25, -0.2) is 8.42 Å². The van der Waals surface area contributed by atoms with E-state index in [4.69, 9.17) is 0 Å². The van der Waals surface area contributed by atoms with Crippen molar-refractivity contribution in [3.8, 4) is 0 Å². The van der Waals surface area contributed by atoms with Crippen LogP contribution in [0.1, 0.15) is 55.9 Å². The standard InChI is InChI=1S/C32H41N3O4S/c1-7-26(6)33-32(37)30(8-2)34(21-27-12-10-9-11-25(27)5)31(36)22-35(28-17-13-23(3)14-18-28)40(38,39)29-19-15-24(4)16-20-29/h9-20,26,30H,7-8,21-22H2,1-6H3,(H,33,37). The van der Waals surface area contributed by atoms with E-state index < -0.39 is 28.5 Å². The van der Waals surface area contributed by atoms with E-state index in [1.54, 1.807) is 36.4 Å². The number of aryl methyl sites for hydroxylation is 3. The lowest BCUT2D eigenvalue weighted by Gasteiger charge is -2.34. The quantitative estimate of drug-likeness (QED) is 0.314. The summed E-state index contributed by atoms with van der Waals surface area (Å²) in [5.74, 6) is -0.701. The maximum absolute atomic E-state index is 14.1. The number of hydrogen-bond acceptors (Lipinski definition) is 4. The van der Waals surface area contributed by atoms with Gasteiger partial charge in [-0.1, -0.05) is 73.5 Å². The molecule has 2 amide bonds. The molecule has 0 spiro atoms. The molecule has 0 aliphatic rings. The number of rotatable bonds is 12. The van der Waals surface area contributed by atoms with Gasteiger partial charge in [0.1, 0.15) is 12.6 Å². The summed E-state index contributed by atoms with van der Waals surface area (Å²) in [6, 6.07) is 20.5. The molecule has 3 aromatic carbocycles. The molecule has 3 aromatic rings. The van der Waals surface area contributed by atoms with Gasteiger partial charge >= 0.3 is 0 Å². The first-order chi connectivity index (χ1) is 19.0. The normalized spacial score (nSPS) is 12.8. The van der Waals surface area contributed by atoms with Crippen molar-refractivity contribution in [2.75, 3.05) is 10.8 Å². The molecule has 0 aliphatic carbocycles. The highest BCUT2D eigenvalue weighted by Crippen LogP contribution is 2.26. The highest BCUT2D eigenvalue weighted by atomic mass is 32.2. The van der Waals surface area contributed by atoms with Crippen LogP contribution in [0.5, 0.6) is 0 Å². The molecule has 7 nitrogen and oxygen atoms in total. The molecule has 214 valence electrons. The van der Waals surface area contributed by atoms with Crippen LogP contribution in [-0.4, -0.2) is 43.8 Å². The predicted octanol–water partition coefficient (Wildman–Crippen LogP) is 5.53. The second kappa shape index (κ2) is 13.6. The molecule has 0 saturated carbocycles. The van der Waals surface area contributed by atoms with Crippen molar-refractivity contribution in [2.24, 2.45) is 0 Å². The minimum Gasteiger partial charge on any atom is -0.352 e. The number of amides is 2. The lowest BCUT2D eigenvalue weighted by molar-refractivity contribution is -0.140. The SMILES string of the molecule is CCC(C)NC(=O)C(CC)N(Cc1ccccc1C)C(=O)CN(c1ccc(C)cc1)S(=O)(=O)c1ccc(C)cc1. The molecule has 1 N–H and O–H groups in total. The summed E-state index contributed by atoms with van der Waals surface area (Å²) in [6.45, 7) is 11.3. The summed E-state index contributed by atoms with van der Waals surface area (Å²) < 4.78 is 29.0. The van der Waals surface area contributed by atoms with Crippen LogP contribution in [0.25, 0.3) is 0 Å². The van der Waals surface area contributed by atoms with Crippen LogP contribution in [0.4, 0.5) is 5.69 Å².